The fourth-order valence-electron chi connectivity index (χ4n) is 1.55. The van der Waals surface area contributed by atoms with Crippen LogP contribution in [-0.4, -0.2) is 43.0 Å². The van der Waals surface area contributed by atoms with Gasteiger partial charge in [-0.2, -0.15) is 0 Å². The lowest BCUT2D eigenvalue weighted by Gasteiger charge is -2.35. The summed E-state index contributed by atoms with van der Waals surface area (Å²) in [6, 6.07) is 3.37. The van der Waals surface area contributed by atoms with E-state index in [1.165, 1.54) is 4.31 Å². The monoisotopic (exact) mass is 255 g/mol. The Hall–Kier alpha value is -1.47. The molecule has 0 spiro atoms. The van der Waals surface area contributed by atoms with Gasteiger partial charge in [-0.1, -0.05) is 0 Å². The largest absolute Gasteiger partial charge is 0.326 e. The Kier molecular flexibility index (Phi) is 3.12. The fraction of sp³-hybridized carbons (Fsp3) is 0.400. The average Bonchev–Trinajstić information content (AvgIpc) is 2.14. The van der Waals surface area contributed by atoms with Gasteiger partial charge in [0.1, 0.15) is 0 Å². The third-order valence-corrected chi connectivity index (χ3v) is 3.87. The van der Waals surface area contributed by atoms with Crippen LogP contribution in [-0.2, 0) is 14.8 Å². The zero-order valence-corrected chi connectivity index (χ0v) is 10.1. The maximum atomic E-state index is 11.7. The number of carbonyl (C=O) groups is 1. The second-order valence-corrected chi connectivity index (χ2v) is 5.98. The lowest BCUT2D eigenvalue weighted by molar-refractivity contribution is -0.122. The highest BCUT2D eigenvalue weighted by molar-refractivity contribution is 7.88. The molecule has 1 amide bonds. The number of amides is 1. The van der Waals surface area contributed by atoms with Crippen molar-refractivity contribution in [1.29, 1.82) is 0 Å². The quantitative estimate of drug-likeness (QED) is 0.818. The van der Waals surface area contributed by atoms with Gasteiger partial charge in [-0.3, -0.25) is 9.78 Å². The maximum Gasteiger partial charge on any atom is 0.230 e. The first kappa shape index (κ1) is 12.0. The molecule has 7 heteroatoms. The topological polar surface area (TPSA) is 79.4 Å². The van der Waals surface area contributed by atoms with Gasteiger partial charge in [0.2, 0.25) is 15.9 Å². The minimum atomic E-state index is -3.16. The van der Waals surface area contributed by atoms with Crippen LogP contribution in [0.5, 0.6) is 0 Å². The van der Waals surface area contributed by atoms with Crippen molar-refractivity contribution in [3.63, 3.8) is 0 Å². The number of sulfonamides is 1. The summed E-state index contributed by atoms with van der Waals surface area (Å²) in [5.41, 5.74) is 0.669. The minimum Gasteiger partial charge on any atom is -0.326 e. The molecular formula is C10H13N3O3S. The van der Waals surface area contributed by atoms with Crippen molar-refractivity contribution in [2.24, 2.45) is 5.92 Å². The first-order valence-corrected chi connectivity index (χ1v) is 6.97. The molecule has 0 bridgehead atoms. The van der Waals surface area contributed by atoms with E-state index in [1.807, 2.05) is 0 Å². The van der Waals surface area contributed by atoms with Crippen molar-refractivity contribution in [3.8, 4) is 0 Å². The summed E-state index contributed by atoms with van der Waals surface area (Å²) in [4.78, 5) is 15.6. The van der Waals surface area contributed by atoms with Crippen molar-refractivity contribution >= 4 is 21.6 Å². The number of aromatic nitrogens is 1. The average molecular weight is 255 g/mol. The summed E-state index contributed by atoms with van der Waals surface area (Å²) in [5.74, 6) is -0.422. The van der Waals surface area contributed by atoms with Crippen LogP contribution in [0, 0.1) is 5.92 Å². The van der Waals surface area contributed by atoms with Gasteiger partial charge in [0.15, 0.2) is 0 Å². The number of nitrogens with zero attached hydrogens (tertiary/aromatic N) is 2. The Morgan fingerprint density at radius 3 is 2.53 bits per heavy atom. The molecular weight excluding hydrogens is 242 g/mol. The van der Waals surface area contributed by atoms with Crippen LogP contribution in [0.3, 0.4) is 0 Å². The van der Waals surface area contributed by atoms with E-state index in [2.05, 4.69) is 10.3 Å². The molecule has 1 aromatic heterocycles. The molecule has 17 heavy (non-hydrogen) atoms. The van der Waals surface area contributed by atoms with Gasteiger partial charge < -0.3 is 5.32 Å². The molecule has 0 unspecified atom stereocenters. The zero-order chi connectivity index (χ0) is 12.5. The minimum absolute atomic E-state index is 0.156. The highest BCUT2D eigenvalue weighted by Crippen LogP contribution is 2.20. The van der Waals surface area contributed by atoms with Gasteiger partial charge in [0.25, 0.3) is 0 Å². The Morgan fingerprint density at radius 2 is 2.00 bits per heavy atom. The summed E-state index contributed by atoms with van der Waals surface area (Å²) in [5, 5.41) is 2.72. The van der Waals surface area contributed by atoms with Gasteiger partial charge in [0, 0.05) is 31.2 Å². The molecule has 0 saturated carbocycles. The molecule has 92 valence electrons. The van der Waals surface area contributed by atoms with E-state index in [4.69, 9.17) is 0 Å². The SMILES string of the molecule is CS(=O)(=O)N1CC(C(=O)Nc2ccncc2)C1. The Labute approximate surface area is 99.7 Å². The third-order valence-electron chi connectivity index (χ3n) is 2.64. The molecule has 2 heterocycles. The molecule has 0 aliphatic carbocycles. The number of nitrogens with one attached hydrogen (secondary N) is 1. The Bertz CT molecular complexity index is 509. The molecule has 6 nitrogen and oxygen atoms in total. The van der Waals surface area contributed by atoms with E-state index in [-0.39, 0.29) is 24.9 Å². The molecule has 2 rings (SSSR count). The molecule has 1 fully saturated rings. The first-order valence-electron chi connectivity index (χ1n) is 5.13. The van der Waals surface area contributed by atoms with Crippen LogP contribution in [0.15, 0.2) is 24.5 Å². The second-order valence-electron chi connectivity index (χ2n) is 4.00. The van der Waals surface area contributed by atoms with Crippen molar-refractivity contribution in [2.45, 2.75) is 0 Å². The van der Waals surface area contributed by atoms with Crippen molar-refractivity contribution < 1.29 is 13.2 Å². The number of rotatable bonds is 3. The van der Waals surface area contributed by atoms with E-state index in [0.717, 1.165) is 6.26 Å². The smallest absolute Gasteiger partial charge is 0.230 e. The summed E-state index contributed by atoms with van der Waals surface area (Å²) in [7, 11) is -3.16. The lowest BCUT2D eigenvalue weighted by Crippen LogP contribution is -2.53. The molecule has 1 aliphatic rings. The van der Waals surface area contributed by atoms with Crippen molar-refractivity contribution in [1.82, 2.24) is 9.29 Å². The van der Waals surface area contributed by atoms with E-state index in [0.29, 0.717) is 5.69 Å². The molecule has 1 aromatic rings. The number of anilines is 1. The second kappa shape index (κ2) is 4.42. The van der Waals surface area contributed by atoms with Gasteiger partial charge in [0.05, 0.1) is 12.2 Å². The highest BCUT2D eigenvalue weighted by atomic mass is 32.2. The normalized spacial score (nSPS) is 17.5. The van der Waals surface area contributed by atoms with Crippen molar-refractivity contribution in [2.75, 3.05) is 24.7 Å². The van der Waals surface area contributed by atoms with Crippen LogP contribution < -0.4 is 5.32 Å². The van der Waals surface area contributed by atoms with Crippen LogP contribution >= 0.6 is 0 Å². The van der Waals surface area contributed by atoms with E-state index in [1.54, 1.807) is 24.5 Å². The van der Waals surface area contributed by atoms with Crippen molar-refractivity contribution in [3.05, 3.63) is 24.5 Å². The highest BCUT2D eigenvalue weighted by Gasteiger charge is 2.37. The third kappa shape index (κ3) is 2.80. The lowest BCUT2D eigenvalue weighted by atomic mass is 10.0. The Balaban J connectivity index is 1.88. The van der Waals surface area contributed by atoms with Crippen LogP contribution in [0.2, 0.25) is 0 Å². The summed E-state index contributed by atoms with van der Waals surface area (Å²) in [6.45, 7) is 0.519. The number of hydrogen-bond acceptors (Lipinski definition) is 4. The van der Waals surface area contributed by atoms with Gasteiger partial charge in [-0.25, -0.2) is 12.7 Å². The number of carbonyl (C=O) groups excluding carboxylic acids is 1. The van der Waals surface area contributed by atoms with E-state index < -0.39 is 10.0 Å². The van der Waals surface area contributed by atoms with Gasteiger partial charge >= 0.3 is 0 Å². The molecule has 0 atom stereocenters. The maximum absolute atomic E-state index is 11.7. The standard InChI is InChI=1S/C10H13N3O3S/c1-17(15,16)13-6-8(7-13)10(14)12-9-2-4-11-5-3-9/h2-5,8H,6-7H2,1H3,(H,11,12,14). The van der Waals surface area contributed by atoms with E-state index >= 15 is 0 Å². The first-order chi connectivity index (χ1) is 7.97. The Morgan fingerprint density at radius 1 is 1.41 bits per heavy atom. The molecule has 0 aromatic carbocycles. The number of hydrogen-bond donors (Lipinski definition) is 1. The van der Waals surface area contributed by atoms with Crippen LogP contribution in [0.25, 0.3) is 0 Å². The fourth-order valence-corrected chi connectivity index (χ4v) is 2.46. The van der Waals surface area contributed by atoms with E-state index in [9.17, 15) is 13.2 Å². The summed E-state index contributed by atoms with van der Waals surface area (Å²) in [6.07, 6.45) is 4.31. The summed E-state index contributed by atoms with van der Waals surface area (Å²) < 4.78 is 23.5. The van der Waals surface area contributed by atoms with Crippen LogP contribution in [0.4, 0.5) is 5.69 Å². The molecule has 0 radical (unpaired) electrons. The number of pyridine rings is 1. The molecule has 1 N–H and O–H groups in total. The molecule has 1 saturated heterocycles. The predicted molar refractivity (Wildman–Crippen MR) is 62.8 cm³/mol. The molecule has 1 aliphatic heterocycles. The van der Waals surface area contributed by atoms with Gasteiger partial charge in [-0.15, -0.1) is 0 Å². The van der Waals surface area contributed by atoms with Gasteiger partial charge in [-0.05, 0) is 12.1 Å². The summed E-state index contributed by atoms with van der Waals surface area (Å²) >= 11 is 0. The predicted octanol–water partition coefficient (Wildman–Crippen LogP) is -0.0885. The zero-order valence-electron chi connectivity index (χ0n) is 9.33. The van der Waals surface area contributed by atoms with Crippen LogP contribution in [0.1, 0.15) is 0 Å².